The second-order valence-corrected chi connectivity index (χ2v) is 6.44. The Balaban J connectivity index is 1.98. The van der Waals surface area contributed by atoms with Crippen LogP contribution in [0.4, 0.5) is 5.69 Å². The van der Waals surface area contributed by atoms with Crippen LogP contribution in [0, 0.1) is 21.4 Å². The fourth-order valence-electron chi connectivity index (χ4n) is 3.03. The number of carbonyl (C=O) groups is 2. The Kier molecular flexibility index (Phi) is 5.41. The Bertz CT molecular complexity index is 1100. The van der Waals surface area contributed by atoms with Crippen LogP contribution in [0.2, 0.25) is 0 Å². The van der Waals surface area contributed by atoms with Crippen LogP contribution in [-0.4, -0.2) is 28.2 Å². The summed E-state index contributed by atoms with van der Waals surface area (Å²) in [5, 5.41) is 20.1. The van der Waals surface area contributed by atoms with Crippen LogP contribution in [-0.2, 0) is 9.59 Å². The minimum absolute atomic E-state index is 0.0269. The van der Waals surface area contributed by atoms with Crippen molar-refractivity contribution in [2.75, 3.05) is 6.54 Å². The van der Waals surface area contributed by atoms with Crippen LogP contribution in [0.5, 0.6) is 0 Å². The van der Waals surface area contributed by atoms with Crippen molar-refractivity contribution in [3.05, 3.63) is 69.0 Å². The van der Waals surface area contributed by atoms with Gasteiger partial charge in [0.2, 0.25) is 0 Å². The third-order valence-corrected chi connectivity index (χ3v) is 4.55. The zero-order valence-electron chi connectivity index (χ0n) is 15.8. The highest BCUT2D eigenvalue weighted by Gasteiger charge is 2.35. The Morgan fingerprint density at radius 3 is 2.45 bits per heavy atom. The maximum absolute atomic E-state index is 12.8. The molecule has 1 aliphatic rings. The van der Waals surface area contributed by atoms with E-state index in [-0.39, 0.29) is 23.4 Å². The van der Waals surface area contributed by atoms with E-state index in [0.717, 1.165) is 4.90 Å². The van der Waals surface area contributed by atoms with Crippen molar-refractivity contribution in [3.8, 4) is 17.4 Å². The van der Waals surface area contributed by atoms with E-state index in [1.54, 1.807) is 31.2 Å². The largest absolute Gasteiger partial charge is 0.457 e. The zero-order valence-corrected chi connectivity index (χ0v) is 15.8. The minimum Gasteiger partial charge on any atom is -0.457 e. The highest BCUT2D eigenvalue weighted by Crippen LogP contribution is 2.29. The zero-order chi connectivity index (χ0) is 21.1. The predicted molar refractivity (Wildman–Crippen MR) is 104 cm³/mol. The lowest BCUT2D eigenvalue weighted by molar-refractivity contribution is -0.384. The number of amides is 2. The van der Waals surface area contributed by atoms with Crippen molar-refractivity contribution in [3.63, 3.8) is 0 Å². The molecular formula is C21H17N3O5. The minimum atomic E-state index is -0.583. The molecule has 1 aromatic carbocycles. The molecule has 0 saturated heterocycles. The normalized spacial score (nSPS) is 15.8. The second-order valence-electron chi connectivity index (χ2n) is 6.44. The Morgan fingerprint density at radius 2 is 1.86 bits per heavy atom. The van der Waals surface area contributed by atoms with Crippen molar-refractivity contribution in [2.24, 2.45) is 0 Å². The van der Waals surface area contributed by atoms with E-state index in [1.807, 2.05) is 13.0 Å². The van der Waals surface area contributed by atoms with Crippen molar-refractivity contribution >= 4 is 23.6 Å². The quantitative estimate of drug-likeness (QED) is 0.331. The van der Waals surface area contributed by atoms with E-state index in [0.29, 0.717) is 29.1 Å². The molecule has 0 saturated carbocycles. The SMILES string of the molecule is CCCN1C(=O)C(C#N)=C(C)/C(=C\c2ccc(-c3ccc([N+](=O)[O-])cc3)o2)C1=O. The van der Waals surface area contributed by atoms with Crippen LogP contribution in [0.25, 0.3) is 17.4 Å². The van der Waals surface area contributed by atoms with Gasteiger partial charge in [-0.1, -0.05) is 6.92 Å². The van der Waals surface area contributed by atoms with Gasteiger partial charge >= 0.3 is 0 Å². The van der Waals surface area contributed by atoms with Gasteiger partial charge in [0.15, 0.2) is 0 Å². The number of non-ortho nitro benzene ring substituents is 1. The fraction of sp³-hybridized carbons (Fsp3) is 0.190. The highest BCUT2D eigenvalue weighted by atomic mass is 16.6. The van der Waals surface area contributed by atoms with Crippen molar-refractivity contribution < 1.29 is 18.9 Å². The number of hydrogen-bond acceptors (Lipinski definition) is 6. The van der Waals surface area contributed by atoms with E-state index >= 15 is 0 Å². The van der Waals surface area contributed by atoms with E-state index in [9.17, 15) is 25.0 Å². The van der Waals surface area contributed by atoms with Gasteiger partial charge in [-0.15, -0.1) is 0 Å². The van der Waals surface area contributed by atoms with Gasteiger partial charge in [0.25, 0.3) is 17.5 Å². The number of furan rings is 1. The fourth-order valence-corrected chi connectivity index (χ4v) is 3.03. The van der Waals surface area contributed by atoms with E-state index in [2.05, 4.69) is 0 Å². The topological polar surface area (TPSA) is 117 Å². The summed E-state index contributed by atoms with van der Waals surface area (Å²) in [5.41, 5.74) is 1.08. The molecular weight excluding hydrogens is 374 g/mol. The summed E-state index contributed by atoms with van der Waals surface area (Å²) in [4.78, 5) is 36.5. The molecule has 0 N–H and O–H groups in total. The third-order valence-electron chi connectivity index (χ3n) is 4.55. The summed E-state index contributed by atoms with van der Waals surface area (Å²) in [6.07, 6.45) is 2.08. The van der Waals surface area contributed by atoms with Gasteiger partial charge in [-0.3, -0.25) is 24.6 Å². The van der Waals surface area contributed by atoms with Crippen molar-refractivity contribution in [2.45, 2.75) is 20.3 Å². The van der Waals surface area contributed by atoms with Gasteiger partial charge in [-0.25, -0.2) is 0 Å². The molecule has 0 aliphatic carbocycles. The number of nitriles is 1. The van der Waals surface area contributed by atoms with Crippen molar-refractivity contribution in [1.29, 1.82) is 5.26 Å². The smallest absolute Gasteiger partial charge is 0.271 e. The van der Waals surface area contributed by atoms with E-state index in [4.69, 9.17) is 4.42 Å². The average molecular weight is 391 g/mol. The van der Waals surface area contributed by atoms with Crippen LogP contribution in [0.1, 0.15) is 26.0 Å². The first-order valence-electron chi connectivity index (χ1n) is 8.91. The van der Waals surface area contributed by atoms with Gasteiger partial charge in [0.1, 0.15) is 23.2 Å². The Labute approximate surface area is 166 Å². The summed E-state index contributed by atoms with van der Waals surface area (Å²) in [5.74, 6) is -0.218. The number of benzene rings is 1. The third kappa shape index (κ3) is 3.71. The average Bonchev–Trinajstić information content (AvgIpc) is 3.18. The number of nitro groups is 1. The molecule has 29 heavy (non-hydrogen) atoms. The highest BCUT2D eigenvalue weighted by molar-refractivity contribution is 6.19. The first-order valence-corrected chi connectivity index (χ1v) is 8.91. The van der Waals surface area contributed by atoms with Gasteiger partial charge < -0.3 is 4.42 Å². The van der Waals surface area contributed by atoms with Crippen molar-refractivity contribution in [1.82, 2.24) is 4.90 Å². The summed E-state index contributed by atoms with van der Waals surface area (Å²) in [6, 6.07) is 11.1. The molecule has 0 radical (unpaired) electrons. The number of nitro benzene ring substituents is 1. The van der Waals surface area contributed by atoms with Crippen LogP contribution in [0.15, 0.2) is 57.5 Å². The molecule has 146 valence electrons. The Hall–Kier alpha value is -3.99. The van der Waals surface area contributed by atoms with Crippen LogP contribution in [0.3, 0.4) is 0 Å². The van der Waals surface area contributed by atoms with E-state index in [1.165, 1.54) is 18.2 Å². The maximum Gasteiger partial charge on any atom is 0.271 e. The first kappa shape index (κ1) is 19.8. The lowest BCUT2D eigenvalue weighted by atomic mass is 9.94. The summed E-state index contributed by atoms with van der Waals surface area (Å²) >= 11 is 0. The molecule has 2 amide bonds. The predicted octanol–water partition coefficient (Wildman–Crippen LogP) is 3.86. The number of imide groups is 1. The molecule has 2 heterocycles. The van der Waals surface area contributed by atoms with Gasteiger partial charge in [-0.05, 0) is 49.3 Å². The summed E-state index contributed by atoms with van der Waals surface area (Å²) in [6.45, 7) is 3.62. The molecule has 1 aliphatic heterocycles. The maximum atomic E-state index is 12.8. The number of carbonyl (C=O) groups excluding carboxylic acids is 2. The van der Waals surface area contributed by atoms with E-state index < -0.39 is 16.7 Å². The molecule has 1 aromatic heterocycles. The Morgan fingerprint density at radius 1 is 1.17 bits per heavy atom. The molecule has 0 atom stereocenters. The van der Waals surface area contributed by atoms with Gasteiger partial charge in [0.05, 0.1) is 4.92 Å². The van der Waals surface area contributed by atoms with Crippen LogP contribution >= 0.6 is 0 Å². The molecule has 8 heteroatoms. The molecule has 0 fully saturated rings. The molecule has 2 aromatic rings. The molecule has 0 spiro atoms. The summed E-state index contributed by atoms with van der Waals surface area (Å²) < 4.78 is 5.75. The number of nitrogens with zero attached hydrogens (tertiary/aromatic N) is 3. The molecule has 0 unspecified atom stereocenters. The summed E-state index contributed by atoms with van der Waals surface area (Å²) in [7, 11) is 0. The number of rotatable bonds is 5. The molecule has 0 bridgehead atoms. The first-order chi connectivity index (χ1) is 13.9. The molecule has 8 nitrogen and oxygen atoms in total. The lowest BCUT2D eigenvalue weighted by Gasteiger charge is -2.26. The van der Waals surface area contributed by atoms with Gasteiger partial charge in [0, 0.05) is 29.8 Å². The van der Waals surface area contributed by atoms with Gasteiger partial charge in [-0.2, -0.15) is 5.26 Å². The molecule has 3 rings (SSSR count). The lowest BCUT2D eigenvalue weighted by Crippen LogP contribution is -2.43. The number of hydrogen-bond donors (Lipinski definition) is 0. The van der Waals surface area contributed by atoms with Crippen LogP contribution < -0.4 is 0 Å². The monoisotopic (exact) mass is 391 g/mol. The second kappa shape index (κ2) is 7.94. The standard InChI is InChI=1S/C21H17N3O5/c1-3-10-23-20(25)17(13(2)18(12-22)21(23)26)11-16-8-9-19(29-16)14-4-6-15(7-5-14)24(27)28/h4-9,11H,3,10H2,1-2H3/b17-11+.